The monoisotopic (exact) mass is 327 g/mol. The van der Waals surface area contributed by atoms with Crippen molar-refractivity contribution in [2.75, 3.05) is 33.2 Å². The van der Waals surface area contributed by atoms with Crippen LogP contribution in [0.2, 0.25) is 0 Å². The van der Waals surface area contributed by atoms with E-state index in [9.17, 15) is 9.90 Å². The number of hydrogen-bond donors (Lipinski definition) is 1. The highest BCUT2D eigenvalue weighted by Gasteiger charge is 2.56. The molecule has 24 heavy (non-hydrogen) atoms. The minimum absolute atomic E-state index is 0.241. The fraction of sp³-hybridized carbons (Fsp3) is 0.526. The molecular weight excluding hydrogens is 302 g/mol. The van der Waals surface area contributed by atoms with E-state index < -0.39 is 11.4 Å². The SMILES string of the molecule is CCn1ccc2cc(CN3C[C@@H]4CN(C)C[C@]4(C(=O)O)C3)ccc21. The third-order valence-electron chi connectivity index (χ3n) is 5.86. The van der Waals surface area contributed by atoms with Crippen molar-refractivity contribution in [3.63, 3.8) is 0 Å². The molecule has 1 N–H and O–H groups in total. The zero-order valence-electron chi connectivity index (χ0n) is 14.4. The molecular formula is C19H25N3O2. The van der Waals surface area contributed by atoms with Gasteiger partial charge < -0.3 is 14.6 Å². The smallest absolute Gasteiger partial charge is 0.312 e. The number of nitrogens with zero attached hydrogens (tertiary/aromatic N) is 3. The molecule has 2 aliphatic rings. The number of likely N-dealkylation sites (tertiary alicyclic amines) is 2. The van der Waals surface area contributed by atoms with Crippen LogP contribution in [-0.2, 0) is 17.9 Å². The van der Waals surface area contributed by atoms with Crippen molar-refractivity contribution in [1.82, 2.24) is 14.4 Å². The average molecular weight is 327 g/mol. The molecule has 0 aliphatic carbocycles. The molecule has 1 aromatic heterocycles. The van der Waals surface area contributed by atoms with Crippen LogP contribution in [0.4, 0.5) is 0 Å². The van der Waals surface area contributed by atoms with Gasteiger partial charge in [-0.1, -0.05) is 6.07 Å². The molecule has 5 heteroatoms. The highest BCUT2D eigenvalue weighted by Crippen LogP contribution is 2.42. The zero-order valence-corrected chi connectivity index (χ0v) is 14.4. The summed E-state index contributed by atoms with van der Waals surface area (Å²) in [5.41, 5.74) is 1.96. The fourth-order valence-electron chi connectivity index (χ4n) is 4.73. The lowest BCUT2D eigenvalue weighted by atomic mass is 9.81. The number of carboxylic acid groups (broad SMARTS) is 1. The van der Waals surface area contributed by atoms with Crippen molar-refractivity contribution in [2.24, 2.45) is 11.3 Å². The molecule has 2 aliphatic heterocycles. The summed E-state index contributed by atoms with van der Waals surface area (Å²) < 4.78 is 2.24. The van der Waals surface area contributed by atoms with Crippen LogP contribution in [0.25, 0.3) is 10.9 Å². The van der Waals surface area contributed by atoms with Gasteiger partial charge in [-0.05, 0) is 43.1 Å². The second-order valence-electron chi connectivity index (χ2n) is 7.52. The van der Waals surface area contributed by atoms with Gasteiger partial charge in [0.25, 0.3) is 0 Å². The molecule has 3 heterocycles. The first-order valence-corrected chi connectivity index (χ1v) is 8.74. The second-order valence-corrected chi connectivity index (χ2v) is 7.52. The molecule has 5 nitrogen and oxygen atoms in total. The summed E-state index contributed by atoms with van der Waals surface area (Å²) in [4.78, 5) is 16.4. The Morgan fingerprint density at radius 2 is 2.12 bits per heavy atom. The number of aromatic nitrogens is 1. The quantitative estimate of drug-likeness (QED) is 0.934. The van der Waals surface area contributed by atoms with Crippen LogP contribution >= 0.6 is 0 Å². The standard InChI is InChI=1S/C19H25N3O2/c1-3-22-7-6-15-8-14(4-5-17(15)22)9-21-11-16-10-20(2)12-19(16,13-21)18(23)24/h4-8,16H,3,9-13H2,1-2H3,(H,23,24)/t16-,19-/m0/s1. The number of carboxylic acids is 1. The summed E-state index contributed by atoms with van der Waals surface area (Å²) in [5, 5.41) is 11.1. The van der Waals surface area contributed by atoms with Crippen molar-refractivity contribution in [3.8, 4) is 0 Å². The molecule has 128 valence electrons. The van der Waals surface area contributed by atoms with Crippen molar-refractivity contribution in [3.05, 3.63) is 36.0 Å². The molecule has 0 saturated carbocycles. The normalized spacial score (nSPS) is 27.8. The van der Waals surface area contributed by atoms with Crippen molar-refractivity contribution >= 4 is 16.9 Å². The second kappa shape index (κ2) is 5.60. The molecule has 2 aromatic rings. The maximum absolute atomic E-state index is 11.9. The molecule has 2 saturated heterocycles. The van der Waals surface area contributed by atoms with Crippen LogP contribution in [0.5, 0.6) is 0 Å². The van der Waals surface area contributed by atoms with Gasteiger partial charge in [0.2, 0.25) is 0 Å². The van der Waals surface area contributed by atoms with Gasteiger partial charge in [0.15, 0.2) is 0 Å². The van der Waals surface area contributed by atoms with E-state index >= 15 is 0 Å². The third kappa shape index (κ3) is 2.34. The molecule has 2 atom stereocenters. The van der Waals surface area contributed by atoms with Gasteiger partial charge in [0.1, 0.15) is 0 Å². The van der Waals surface area contributed by atoms with E-state index in [1.54, 1.807) is 0 Å². The van der Waals surface area contributed by atoms with Gasteiger partial charge >= 0.3 is 5.97 Å². The van der Waals surface area contributed by atoms with Crippen LogP contribution in [0.3, 0.4) is 0 Å². The van der Waals surface area contributed by atoms with Crippen LogP contribution in [0, 0.1) is 11.3 Å². The van der Waals surface area contributed by atoms with Crippen molar-refractivity contribution in [2.45, 2.75) is 20.0 Å². The van der Waals surface area contributed by atoms with Crippen LogP contribution in [0.15, 0.2) is 30.5 Å². The number of carbonyl (C=O) groups is 1. The van der Waals surface area contributed by atoms with Crippen molar-refractivity contribution in [1.29, 1.82) is 0 Å². The Labute approximate surface area is 142 Å². The maximum Gasteiger partial charge on any atom is 0.312 e. The third-order valence-corrected chi connectivity index (χ3v) is 5.86. The molecule has 1 aromatic carbocycles. The lowest BCUT2D eigenvalue weighted by Gasteiger charge is -2.24. The molecule has 0 spiro atoms. The number of benzene rings is 1. The van der Waals surface area contributed by atoms with E-state index in [0.717, 1.165) is 26.2 Å². The predicted molar refractivity (Wildman–Crippen MR) is 93.9 cm³/mol. The molecule has 0 amide bonds. The van der Waals surface area contributed by atoms with E-state index in [4.69, 9.17) is 0 Å². The Morgan fingerprint density at radius 1 is 1.29 bits per heavy atom. The lowest BCUT2D eigenvalue weighted by molar-refractivity contribution is -0.148. The first kappa shape index (κ1) is 15.7. The van der Waals surface area contributed by atoms with E-state index in [2.05, 4.69) is 51.8 Å². The van der Waals surface area contributed by atoms with Gasteiger partial charge in [-0.15, -0.1) is 0 Å². The highest BCUT2D eigenvalue weighted by molar-refractivity contribution is 5.81. The van der Waals surface area contributed by atoms with Crippen LogP contribution < -0.4 is 0 Å². The summed E-state index contributed by atoms with van der Waals surface area (Å²) >= 11 is 0. The maximum atomic E-state index is 11.9. The number of fused-ring (bicyclic) bond motifs is 2. The van der Waals surface area contributed by atoms with Gasteiger partial charge in [0, 0.05) is 56.9 Å². The van der Waals surface area contributed by atoms with Crippen molar-refractivity contribution < 1.29 is 9.90 Å². The minimum Gasteiger partial charge on any atom is -0.481 e. The number of aliphatic carboxylic acids is 1. The summed E-state index contributed by atoms with van der Waals surface area (Å²) in [7, 11) is 2.03. The summed E-state index contributed by atoms with van der Waals surface area (Å²) in [6.07, 6.45) is 2.13. The Bertz CT molecular complexity index is 784. The topological polar surface area (TPSA) is 48.7 Å². The largest absolute Gasteiger partial charge is 0.481 e. The molecule has 0 unspecified atom stereocenters. The predicted octanol–water partition coefficient (Wildman–Crippen LogP) is 2.11. The van der Waals surface area contributed by atoms with E-state index in [1.165, 1.54) is 16.5 Å². The Balaban J connectivity index is 1.54. The summed E-state index contributed by atoms with van der Waals surface area (Å²) in [6.45, 7) is 7.06. The minimum atomic E-state index is -0.630. The number of rotatable bonds is 4. The van der Waals surface area contributed by atoms with Gasteiger partial charge in [0.05, 0.1) is 5.41 Å². The fourth-order valence-corrected chi connectivity index (χ4v) is 4.73. The summed E-state index contributed by atoms with van der Waals surface area (Å²) in [6, 6.07) is 8.78. The highest BCUT2D eigenvalue weighted by atomic mass is 16.4. The average Bonchev–Trinajstić information content (AvgIpc) is 3.17. The van der Waals surface area contributed by atoms with E-state index in [0.29, 0.717) is 13.1 Å². The lowest BCUT2D eigenvalue weighted by Crippen LogP contribution is -2.40. The molecule has 0 radical (unpaired) electrons. The van der Waals surface area contributed by atoms with E-state index in [-0.39, 0.29) is 5.92 Å². The summed E-state index contributed by atoms with van der Waals surface area (Å²) in [5.74, 6) is -0.389. The molecule has 0 bridgehead atoms. The van der Waals surface area contributed by atoms with Gasteiger partial charge in [-0.3, -0.25) is 9.69 Å². The first-order chi connectivity index (χ1) is 11.5. The van der Waals surface area contributed by atoms with Crippen LogP contribution in [-0.4, -0.2) is 58.7 Å². The number of hydrogen-bond acceptors (Lipinski definition) is 3. The van der Waals surface area contributed by atoms with Crippen LogP contribution in [0.1, 0.15) is 12.5 Å². The molecule has 2 fully saturated rings. The van der Waals surface area contributed by atoms with Gasteiger partial charge in [-0.25, -0.2) is 0 Å². The first-order valence-electron chi connectivity index (χ1n) is 8.74. The Hall–Kier alpha value is -1.85. The van der Waals surface area contributed by atoms with Gasteiger partial charge in [-0.2, -0.15) is 0 Å². The molecule has 4 rings (SSSR count). The number of aryl methyl sites for hydroxylation is 1. The Kier molecular flexibility index (Phi) is 3.66. The zero-order chi connectivity index (χ0) is 16.9. The Morgan fingerprint density at radius 3 is 2.83 bits per heavy atom. The van der Waals surface area contributed by atoms with E-state index in [1.807, 2.05) is 7.05 Å².